The number of aromatic hydroxyl groups is 1. The van der Waals surface area contributed by atoms with E-state index >= 15 is 0 Å². The molecule has 0 fully saturated rings. The highest BCUT2D eigenvalue weighted by molar-refractivity contribution is 5.37. The van der Waals surface area contributed by atoms with Gasteiger partial charge in [0.25, 0.3) is 0 Å². The molecule has 0 aliphatic rings. The highest BCUT2D eigenvalue weighted by atomic mass is 16.3. The largest absolute Gasteiger partial charge is 0.508 e. The molecule has 1 rings (SSSR count). The molecular formula is C11H16O. The van der Waals surface area contributed by atoms with Crippen molar-refractivity contribution in [3.63, 3.8) is 0 Å². The van der Waals surface area contributed by atoms with Crippen molar-refractivity contribution in [2.24, 2.45) is 0 Å². The summed E-state index contributed by atoms with van der Waals surface area (Å²) in [6.45, 7) is 6.30. The Kier molecular flexibility index (Phi) is 2.74. The first-order valence-corrected chi connectivity index (χ1v) is 4.47. The van der Waals surface area contributed by atoms with Crippen LogP contribution in [0.5, 0.6) is 5.75 Å². The van der Waals surface area contributed by atoms with E-state index in [2.05, 4.69) is 19.9 Å². The van der Waals surface area contributed by atoms with E-state index in [1.807, 2.05) is 19.1 Å². The smallest absolute Gasteiger partial charge is 0.119 e. The maximum atomic E-state index is 9.54. The molecule has 0 heterocycles. The highest BCUT2D eigenvalue weighted by Crippen LogP contribution is 2.23. The molecule has 1 N–H and O–H groups in total. The van der Waals surface area contributed by atoms with Crippen molar-refractivity contribution in [1.82, 2.24) is 0 Å². The van der Waals surface area contributed by atoms with Crippen LogP contribution in [0.3, 0.4) is 0 Å². The summed E-state index contributed by atoms with van der Waals surface area (Å²) in [5.74, 6) is 0.922. The topological polar surface area (TPSA) is 20.2 Å². The van der Waals surface area contributed by atoms with Crippen molar-refractivity contribution in [2.45, 2.75) is 33.1 Å². The Bertz CT molecular complexity index is 264. The molecule has 0 saturated carbocycles. The van der Waals surface area contributed by atoms with Crippen molar-refractivity contribution in [3.05, 3.63) is 29.3 Å². The van der Waals surface area contributed by atoms with Crippen molar-refractivity contribution in [2.75, 3.05) is 0 Å². The monoisotopic (exact) mass is 164 g/mol. The Morgan fingerprint density at radius 2 is 2.00 bits per heavy atom. The molecule has 0 spiro atoms. The van der Waals surface area contributed by atoms with Gasteiger partial charge in [-0.15, -0.1) is 0 Å². The number of phenolic OH excluding ortho intramolecular Hbond substituents is 1. The molecule has 0 amide bonds. The van der Waals surface area contributed by atoms with Crippen LogP contribution in [0.4, 0.5) is 0 Å². The van der Waals surface area contributed by atoms with Crippen LogP contribution in [0, 0.1) is 0 Å². The Labute approximate surface area is 74.1 Å². The van der Waals surface area contributed by atoms with Crippen LogP contribution in [-0.4, -0.2) is 5.11 Å². The summed E-state index contributed by atoms with van der Waals surface area (Å²) in [5, 5.41) is 9.54. The summed E-state index contributed by atoms with van der Waals surface area (Å²) in [6.07, 6.45) is 0.893. The Balaban J connectivity index is 3.02. The maximum absolute atomic E-state index is 9.54. The molecule has 0 saturated heterocycles. The minimum Gasteiger partial charge on any atom is -0.508 e. The zero-order valence-corrected chi connectivity index (χ0v) is 7.96. The van der Waals surface area contributed by atoms with Gasteiger partial charge in [-0.05, 0) is 29.5 Å². The van der Waals surface area contributed by atoms with E-state index in [0.29, 0.717) is 11.7 Å². The lowest BCUT2D eigenvalue weighted by Gasteiger charge is -2.07. The molecule has 0 radical (unpaired) electrons. The van der Waals surface area contributed by atoms with Crippen LogP contribution in [0.1, 0.15) is 37.8 Å². The van der Waals surface area contributed by atoms with Gasteiger partial charge < -0.3 is 5.11 Å². The summed E-state index contributed by atoms with van der Waals surface area (Å²) in [7, 11) is 0. The van der Waals surface area contributed by atoms with E-state index in [1.165, 1.54) is 5.56 Å². The van der Waals surface area contributed by atoms with E-state index in [-0.39, 0.29) is 0 Å². The Morgan fingerprint density at radius 3 is 2.42 bits per heavy atom. The third kappa shape index (κ3) is 1.79. The summed E-state index contributed by atoms with van der Waals surface area (Å²) < 4.78 is 0. The predicted molar refractivity (Wildman–Crippen MR) is 51.6 cm³/mol. The zero-order chi connectivity index (χ0) is 9.14. The van der Waals surface area contributed by atoms with Crippen LogP contribution < -0.4 is 0 Å². The molecule has 12 heavy (non-hydrogen) atoms. The van der Waals surface area contributed by atoms with Gasteiger partial charge in [-0.2, -0.15) is 0 Å². The normalized spacial score (nSPS) is 10.7. The van der Waals surface area contributed by atoms with Gasteiger partial charge in [0, 0.05) is 0 Å². The summed E-state index contributed by atoms with van der Waals surface area (Å²) in [6, 6.07) is 5.96. The van der Waals surface area contributed by atoms with E-state index in [9.17, 15) is 5.11 Å². The quantitative estimate of drug-likeness (QED) is 0.712. The first kappa shape index (κ1) is 9.11. The molecule has 66 valence electrons. The second-order valence-corrected chi connectivity index (χ2v) is 3.40. The number of rotatable bonds is 2. The lowest BCUT2D eigenvalue weighted by atomic mass is 10.0. The fraction of sp³-hybridized carbons (Fsp3) is 0.455. The van der Waals surface area contributed by atoms with Gasteiger partial charge in [0.05, 0.1) is 0 Å². The molecule has 1 aromatic carbocycles. The van der Waals surface area contributed by atoms with E-state index < -0.39 is 0 Å². The standard InChI is InChI=1S/C11H16O/c1-4-9-5-6-10(8(2)3)7-11(9)12/h5-8,12H,4H2,1-3H3. The van der Waals surface area contributed by atoms with Crippen LogP contribution in [0.2, 0.25) is 0 Å². The fourth-order valence-corrected chi connectivity index (χ4v) is 1.24. The SMILES string of the molecule is CCc1ccc(C(C)C)cc1O. The molecule has 0 bridgehead atoms. The molecule has 0 aliphatic heterocycles. The maximum Gasteiger partial charge on any atom is 0.119 e. The number of hydrogen-bond donors (Lipinski definition) is 1. The number of phenols is 1. The van der Waals surface area contributed by atoms with Crippen LogP contribution in [-0.2, 0) is 6.42 Å². The van der Waals surface area contributed by atoms with Crippen LogP contribution in [0.15, 0.2) is 18.2 Å². The van der Waals surface area contributed by atoms with Crippen LogP contribution in [0.25, 0.3) is 0 Å². The van der Waals surface area contributed by atoms with Crippen molar-refractivity contribution >= 4 is 0 Å². The van der Waals surface area contributed by atoms with Gasteiger partial charge in [0.15, 0.2) is 0 Å². The van der Waals surface area contributed by atoms with Gasteiger partial charge >= 0.3 is 0 Å². The molecule has 0 atom stereocenters. The summed E-state index contributed by atoms with van der Waals surface area (Å²) in [5.41, 5.74) is 2.23. The number of hydrogen-bond acceptors (Lipinski definition) is 1. The Morgan fingerprint density at radius 1 is 1.33 bits per heavy atom. The van der Waals surface area contributed by atoms with Crippen molar-refractivity contribution in [3.8, 4) is 5.75 Å². The predicted octanol–water partition coefficient (Wildman–Crippen LogP) is 3.08. The molecule has 0 aromatic heterocycles. The minimum atomic E-state index is 0.434. The van der Waals surface area contributed by atoms with Gasteiger partial charge in [-0.3, -0.25) is 0 Å². The van der Waals surface area contributed by atoms with E-state index in [0.717, 1.165) is 12.0 Å². The van der Waals surface area contributed by atoms with Gasteiger partial charge in [0.2, 0.25) is 0 Å². The molecule has 1 nitrogen and oxygen atoms in total. The van der Waals surface area contributed by atoms with E-state index in [1.54, 1.807) is 0 Å². The van der Waals surface area contributed by atoms with Gasteiger partial charge in [-0.25, -0.2) is 0 Å². The third-order valence-corrected chi connectivity index (χ3v) is 2.16. The lowest BCUT2D eigenvalue weighted by molar-refractivity contribution is 0.467. The van der Waals surface area contributed by atoms with Crippen LogP contribution >= 0.6 is 0 Å². The molecule has 1 aromatic rings. The van der Waals surface area contributed by atoms with Gasteiger partial charge in [0.1, 0.15) is 5.75 Å². The zero-order valence-electron chi connectivity index (χ0n) is 7.96. The molecule has 0 unspecified atom stereocenters. The second kappa shape index (κ2) is 3.61. The first-order valence-electron chi connectivity index (χ1n) is 4.47. The van der Waals surface area contributed by atoms with Gasteiger partial charge in [-0.1, -0.05) is 32.9 Å². The summed E-state index contributed by atoms with van der Waals surface area (Å²) >= 11 is 0. The Hall–Kier alpha value is -0.980. The molecule has 0 aliphatic carbocycles. The molecule has 1 heteroatoms. The van der Waals surface area contributed by atoms with Crippen molar-refractivity contribution in [1.29, 1.82) is 0 Å². The minimum absolute atomic E-state index is 0.434. The average Bonchev–Trinajstić information content (AvgIpc) is 2.04. The average molecular weight is 164 g/mol. The molecular weight excluding hydrogens is 148 g/mol. The first-order chi connectivity index (χ1) is 5.65. The van der Waals surface area contributed by atoms with Crippen molar-refractivity contribution < 1.29 is 5.11 Å². The number of benzene rings is 1. The highest BCUT2D eigenvalue weighted by Gasteiger charge is 2.02. The number of aryl methyl sites for hydroxylation is 1. The lowest BCUT2D eigenvalue weighted by Crippen LogP contribution is -1.89. The second-order valence-electron chi connectivity index (χ2n) is 3.40. The summed E-state index contributed by atoms with van der Waals surface area (Å²) in [4.78, 5) is 0. The van der Waals surface area contributed by atoms with E-state index in [4.69, 9.17) is 0 Å². The third-order valence-electron chi connectivity index (χ3n) is 2.16. The fourth-order valence-electron chi connectivity index (χ4n) is 1.24.